The molecular weight excluding hydrogens is 471 g/mol. The van der Waals surface area contributed by atoms with Crippen LogP contribution in [0.2, 0.25) is 5.02 Å². The fraction of sp³-hybridized carbons (Fsp3) is 0.0769. The summed E-state index contributed by atoms with van der Waals surface area (Å²) in [5.41, 5.74) is 2.50. The molecule has 172 valence electrons. The normalized spacial score (nSPS) is 12.5. The summed E-state index contributed by atoms with van der Waals surface area (Å²) < 4.78 is 20.9. The Labute approximate surface area is 204 Å². The summed E-state index contributed by atoms with van der Waals surface area (Å²) >= 11 is 5.96. The van der Waals surface area contributed by atoms with E-state index >= 15 is 0 Å². The smallest absolute Gasteiger partial charge is 0.249 e. The zero-order chi connectivity index (χ0) is 24.5. The molecule has 1 unspecified atom stereocenters. The molecule has 9 heteroatoms. The summed E-state index contributed by atoms with van der Waals surface area (Å²) in [4.78, 5) is 26.3. The molecule has 0 fully saturated rings. The SMILES string of the molecule is N#CC(C(=O)Nc1cccc(Cl)c1)C(=O)c1nn(-c2ccc(F)cc2)c2c1COc1ccccc1-2. The van der Waals surface area contributed by atoms with Crippen molar-refractivity contribution in [3.05, 3.63) is 94.9 Å². The summed E-state index contributed by atoms with van der Waals surface area (Å²) in [5.74, 6) is -3.06. The lowest BCUT2D eigenvalue weighted by Crippen LogP contribution is -2.29. The molecule has 2 heterocycles. The molecule has 0 radical (unpaired) electrons. The minimum atomic E-state index is -1.66. The quantitative estimate of drug-likeness (QED) is 0.309. The molecule has 1 aliphatic heterocycles. The summed E-state index contributed by atoms with van der Waals surface area (Å²) in [6, 6.07) is 21.0. The van der Waals surface area contributed by atoms with E-state index in [9.17, 15) is 19.2 Å². The molecule has 1 aromatic heterocycles. The lowest BCUT2D eigenvalue weighted by Gasteiger charge is -2.19. The maximum absolute atomic E-state index is 13.6. The molecule has 1 atom stereocenters. The maximum Gasteiger partial charge on any atom is 0.249 e. The minimum Gasteiger partial charge on any atom is -0.488 e. The number of ketones is 1. The highest BCUT2D eigenvalue weighted by atomic mass is 35.5. The van der Waals surface area contributed by atoms with E-state index < -0.39 is 23.4 Å². The largest absolute Gasteiger partial charge is 0.488 e. The number of para-hydroxylation sites is 1. The van der Waals surface area contributed by atoms with Crippen LogP contribution in [-0.2, 0) is 11.4 Å². The first-order valence-corrected chi connectivity index (χ1v) is 10.9. The van der Waals surface area contributed by atoms with Crippen molar-refractivity contribution >= 4 is 29.0 Å². The second-order valence-corrected chi connectivity index (χ2v) is 8.21. The number of hydrogen-bond acceptors (Lipinski definition) is 5. The standard InChI is InChI=1S/C26H16ClFN4O3/c27-15-4-3-5-17(12-15)30-26(34)20(13-29)25(33)23-21-14-35-22-7-2-1-6-19(22)24(21)32(31-23)18-10-8-16(28)9-11-18/h1-12,20H,14H2,(H,30,34). The van der Waals surface area contributed by atoms with Gasteiger partial charge in [0.15, 0.2) is 5.92 Å². The van der Waals surface area contributed by atoms with Crippen LogP contribution in [0.3, 0.4) is 0 Å². The van der Waals surface area contributed by atoms with Gasteiger partial charge >= 0.3 is 0 Å². The van der Waals surface area contributed by atoms with Crippen LogP contribution in [0.1, 0.15) is 16.1 Å². The number of Topliss-reactive ketones (excluding diaryl/α,β-unsaturated/α-hetero) is 1. The molecule has 0 saturated heterocycles. The molecule has 0 spiro atoms. The summed E-state index contributed by atoms with van der Waals surface area (Å²) in [6.45, 7) is 0.0165. The number of halogens is 2. The van der Waals surface area contributed by atoms with Crippen LogP contribution < -0.4 is 10.1 Å². The van der Waals surface area contributed by atoms with Crippen molar-refractivity contribution in [3.8, 4) is 28.8 Å². The minimum absolute atomic E-state index is 0.0165. The number of nitriles is 1. The first-order valence-electron chi connectivity index (χ1n) is 10.6. The van der Waals surface area contributed by atoms with Crippen molar-refractivity contribution in [1.29, 1.82) is 5.26 Å². The Morgan fingerprint density at radius 3 is 2.63 bits per heavy atom. The Hall–Kier alpha value is -4.48. The number of amides is 1. The van der Waals surface area contributed by atoms with Crippen molar-refractivity contribution in [2.75, 3.05) is 5.32 Å². The molecule has 0 saturated carbocycles. The fourth-order valence-corrected chi connectivity index (χ4v) is 4.11. The number of anilines is 1. The van der Waals surface area contributed by atoms with Crippen molar-refractivity contribution in [3.63, 3.8) is 0 Å². The van der Waals surface area contributed by atoms with E-state index in [2.05, 4.69) is 10.4 Å². The van der Waals surface area contributed by atoms with Gasteiger partial charge in [0.25, 0.3) is 0 Å². The molecule has 4 aromatic rings. The Morgan fingerprint density at radius 1 is 1.11 bits per heavy atom. The monoisotopic (exact) mass is 486 g/mol. The van der Waals surface area contributed by atoms with Crippen LogP contribution in [-0.4, -0.2) is 21.5 Å². The average Bonchev–Trinajstić information content (AvgIpc) is 3.25. The molecule has 1 N–H and O–H groups in total. The lowest BCUT2D eigenvalue weighted by atomic mass is 9.96. The van der Waals surface area contributed by atoms with Gasteiger partial charge in [-0.05, 0) is 54.6 Å². The maximum atomic E-state index is 13.6. The zero-order valence-electron chi connectivity index (χ0n) is 18.0. The third-order valence-electron chi connectivity index (χ3n) is 5.55. The number of benzene rings is 3. The van der Waals surface area contributed by atoms with E-state index in [-0.39, 0.29) is 12.3 Å². The Morgan fingerprint density at radius 2 is 1.89 bits per heavy atom. The summed E-state index contributed by atoms with van der Waals surface area (Å²) in [6.07, 6.45) is 0. The van der Waals surface area contributed by atoms with Crippen molar-refractivity contribution in [2.24, 2.45) is 5.92 Å². The highest BCUT2D eigenvalue weighted by Crippen LogP contribution is 2.40. The van der Waals surface area contributed by atoms with Gasteiger partial charge < -0.3 is 10.1 Å². The lowest BCUT2D eigenvalue weighted by molar-refractivity contribution is -0.117. The number of carbonyl (C=O) groups excluding carboxylic acids is 2. The Kier molecular flexibility index (Phi) is 5.77. The number of aromatic nitrogens is 2. The molecule has 35 heavy (non-hydrogen) atoms. The predicted octanol–water partition coefficient (Wildman–Crippen LogP) is 5.19. The fourth-order valence-electron chi connectivity index (χ4n) is 3.92. The van der Waals surface area contributed by atoms with Gasteiger partial charge in [-0.25, -0.2) is 9.07 Å². The zero-order valence-corrected chi connectivity index (χ0v) is 18.8. The van der Waals surface area contributed by atoms with Gasteiger partial charge in [0, 0.05) is 21.8 Å². The number of nitrogens with one attached hydrogen (secondary N) is 1. The van der Waals surface area contributed by atoms with E-state index in [0.29, 0.717) is 39.0 Å². The van der Waals surface area contributed by atoms with Crippen LogP contribution in [0.5, 0.6) is 5.75 Å². The molecule has 0 aliphatic carbocycles. The third-order valence-corrected chi connectivity index (χ3v) is 5.78. The second-order valence-electron chi connectivity index (χ2n) is 7.77. The first-order chi connectivity index (χ1) is 17.0. The van der Waals surface area contributed by atoms with Crippen LogP contribution in [0, 0.1) is 23.1 Å². The van der Waals surface area contributed by atoms with E-state index in [0.717, 1.165) is 0 Å². The molecular formula is C26H16ClFN4O3. The van der Waals surface area contributed by atoms with Crippen molar-refractivity contribution in [1.82, 2.24) is 9.78 Å². The van der Waals surface area contributed by atoms with E-state index in [1.807, 2.05) is 18.2 Å². The van der Waals surface area contributed by atoms with Crippen molar-refractivity contribution < 1.29 is 18.7 Å². The average molecular weight is 487 g/mol. The van der Waals surface area contributed by atoms with Gasteiger partial charge in [-0.15, -0.1) is 0 Å². The number of nitrogens with zero attached hydrogens (tertiary/aromatic N) is 3. The number of carbonyl (C=O) groups is 2. The highest BCUT2D eigenvalue weighted by molar-refractivity contribution is 6.31. The third kappa shape index (κ3) is 4.14. The highest BCUT2D eigenvalue weighted by Gasteiger charge is 2.36. The van der Waals surface area contributed by atoms with Gasteiger partial charge in [0.2, 0.25) is 11.7 Å². The number of ether oxygens (including phenoxy) is 1. The van der Waals surface area contributed by atoms with Crippen LogP contribution in [0.25, 0.3) is 16.9 Å². The van der Waals surface area contributed by atoms with Crippen LogP contribution in [0.4, 0.5) is 10.1 Å². The molecule has 3 aromatic carbocycles. The predicted molar refractivity (Wildman–Crippen MR) is 127 cm³/mol. The Balaban J connectivity index is 1.58. The molecule has 0 bridgehead atoms. The number of hydrogen-bond donors (Lipinski definition) is 1. The summed E-state index contributed by atoms with van der Waals surface area (Å²) in [5, 5.41) is 17.1. The van der Waals surface area contributed by atoms with E-state index in [4.69, 9.17) is 16.3 Å². The molecule has 5 rings (SSSR count). The molecule has 1 aliphatic rings. The number of rotatable bonds is 5. The van der Waals surface area contributed by atoms with Gasteiger partial charge in [0.05, 0.1) is 17.5 Å². The van der Waals surface area contributed by atoms with Gasteiger partial charge in [-0.3, -0.25) is 9.59 Å². The van der Waals surface area contributed by atoms with Gasteiger partial charge in [-0.1, -0.05) is 29.8 Å². The van der Waals surface area contributed by atoms with Crippen LogP contribution in [0.15, 0.2) is 72.8 Å². The van der Waals surface area contributed by atoms with Crippen LogP contribution >= 0.6 is 11.6 Å². The molecule has 7 nitrogen and oxygen atoms in total. The second kappa shape index (κ2) is 9.05. The van der Waals surface area contributed by atoms with Gasteiger partial charge in [0.1, 0.15) is 23.9 Å². The van der Waals surface area contributed by atoms with Gasteiger partial charge in [-0.2, -0.15) is 10.4 Å². The van der Waals surface area contributed by atoms with E-state index in [1.54, 1.807) is 30.3 Å². The van der Waals surface area contributed by atoms with E-state index in [1.165, 1.54) is 35.0 Å². The molecule has 1 amide bonds. The Bertz CT molecular complexity index is 1510. The first kappa shape index (κ1) is 22.3. The number of fused-ring (bicyclic) bond motifs is 3. The van der Waals surface area contributed by atoms with Crippen molar-refractivity contribution in [2.45, 2.75) is 6.61 Å². The summed E-state index contributed by atoms with van der Waals surface area (Å²) in [7, 11) is 0. The topological polar surface area (TPSA) is 97.0 Å².